The highest BCUT2D eigenvalue weighted by atomic mass is 16.5. The molecule has 3 heterocycles. The first-order valence-corrected chi connectivity index (χ1v) is 6.86. The van der Waals surface area contributed by atoms with Crippen molar-refractivity contribution in [2.24, 2.45) is 0 Å². The predicted octanol–water partition coefficient (Wildman–Crippen LogP) is 2.44. The summed E-state index contributed by atoms with van der Waals surface area (Å²) in [5, 5.41) is 5.54. The highest BCUT2D eigenvalue weighted by Gasteiger charge is 2.23. The van der Waals surface area contributed by atoms with Crippen molar-refractivity contribution in [3.63, 3.8) is 0 Å². The van der Waals surface area contributed by atoms with Gasteiger partial charge in [0.05, 0.1) is 18.0 Å². The van der Waals surface area contributed by atoms with Gasteiger partial charge in [0, 0.05) is 11.8 Å². The summed E-state index contributed by atoms with van der Waals surface area (Å²) in [5.74, 6) is -0.350. The maximum Gasteiger partial charge on any atom is 0.357 e. The van der Waals surface area contributed by atoms with Crippen molar-refractivity contribution in [2.75, 3.05) is 6.61 Å². The van der Waals surface area contributed by atoms with Gasteiger partial charge in [-0.15, -0.1) is 0 Å². The molecular weight excluding hydrogens is 266 g/mol. The number of cyclic esters (lactones) is 1. The second-order valence-corrected chi connectivity index (χ2v) is 5.09. The molecule has 0 unspecified atom stereocenters. The number of hydrogen-bond donors (Lipinski definition) is 0. The summed E-state index contributed by atoms with van der Waals surface area (Å²) in [4.78, 5) is 16.4. The van der Waals surface area contributed by atoms with Crippen LogP contribution < -0.4 is 0 Å². The molecule has 1 aliphatic heterocycles. The van der Waals surface area contributed by atoms with Gasteiger partial charge in [0.25, 0.3) is 0 Å². The molecule has 3 aromatic rings. The van der Waals surface area contributed by atoms with Crippen LogP contribution in [0.25, 0.3) is 16.7 Å². The number of carbonyl (C=O) groups excluding carboxylic acids is 1. The zero-order valence-electron chi connectivity index (χ0n) is 11.5. The van der Waals surface area contributed by atoms with E-state index in [0.29, 0.717) is 24.4 Å². The largest absolute Gasteiger partial charge is 0.461 e. The van der Waals surface area contributed by atoms with E-state index < -0.39 is 0 Å². The van der Waals surface area contributed by atoms with Gasteiger partial charge < -0.3 is 4.74 Å². The van der Waals surface area contributed by atoms with Crippen molar-refractivity contribution in [1.82, 2.24) is 14.8 Å². The maximum absolute atomic E-state index is 11.9. The summed E-state index contributed by atoms with van der Waals surface area (Å²) < 4.78 is 6.85. The Bertz CT molecular complexity index is 853. The summed E-state index contributed by atoms with van der Waals surface area (Å²) in [6.45, 7) is 2.38. The minimum atomic E-state index is -0.350. The number of aryl methyl sites for hydroxylation is 1. The van der Waals surface area contributed by atoms with E-state index >= 15 is 0 Å². The van der Waals surface area contributed by atoms with Gasteiger partial charge in [-0.05, 0) is 30.7 Å². The molecule has 5 nitrogen and oxygen atoms in total. The van der Waals surface area contributed by atoms with Crippen molar-refractivity contribution >= 4 is 17.0 Å². The van der Waals surface area contributed by atoms with Gasteiger partial charge in [-0.3, -0.25) is 0 Å². The van der Waals surface area contributed by atoms with E-state index in [1.807, 2.05) is 43.3 Å². The molecule has 0 saturated carbocycles. The number of nitrogens with zero attached hydrogens (tertiary/aromatic N) is 3. The number of rotatable bonds is 1. The molecule has 0 amide bonds. The van der Waals surface area contributed by atoms with Gasteiger partial charge in [0.2, 0.25) is 0 Å². The van der Waals surface area contributed by atoms with E-state index in [-0.39, 0.29) is 5.97 Å². The van der Waals surface area contributed by atoms with Crippen LogP contribution in [0.2, 0.25) is 0 Å². The second kappa shape index (κ2) is 4.41. The van der Waals surface area contributed by atoms with Crippen LogP contribution in [-0.2, 0) is 11.2 Å². The average molecular weight is 279 g/mol. The van der Waals surface area contributed by atoms with Gasteiger partial charge in [0.15, 0.2) is 11.3 Å². The Balaban J connectivity index is 2.02. The Kier molecular flexibility index (Phi) is 2.54. The van der Waals surface area contributed by atoms with Crippen molar-refractivity contribution in [3.05, 3.63) is 53.3 Å². The Morgan fingerprint density at radius 3 is 2.86 bits per heavy atom. The number of fused-ring (bicyclic) bond motifs is 2. The van der Waals surface area contributed by atoms with Crippen LogP contribution in [0.5, 0.6) is 0 Å². The lowest BCUT2D eigenvalue weighted by Crippen LogP contribution is -2.19. The van der Waals surface area contributed by atoms with Gasteiger partial charge in [-0.2, -0.15) is 5.10 Å². The molecule has 0 fully saturated rings. The number of aromatic nitrogens is 3. The minimum absolute atomic E-state index is 0.350. The third kappa shape index (κ3) is 1.81. The predicted molar refractivity (Wildman–Crippen MR) is 77.6 cm³/mol. The van der Waals surface area contributed by atoms with Gasteiger partial charge >= 0.3 is 5.97 Å². The fourth-order valence-corrected chi connectivity index (χ4v) is 2.66. The highest BCUT2D eigenvalue weighted by molar-refractivity contribution is 5.93. The second-order valence-electron chi connectivity index (χ2n) is 5.09. The van der Waals surface area contributed by atoms with Gasteiger partial charge in [-0.25, -0.2) is 14.5 Å². The molecule has 2 aromatic heterocycles. The molecule has 0 radical (unpaired) electrons. The first-order valence-electron chi connectivity index (χ1n) is 6.86. The molecule has 5 heteroatoms. The summed E-state index contributed by atoms with van der Waals surface area (Å²) in [6, 6.07) is 11.8. The van der Waals surface area contributed by atoms with E-state index in [1.165, 1.54) is 0 Å². The van der Waals surface area contributed by atoms with Gasteiger partial charge in [0.1, 0.15) is 0 Å². The molecule has 104 valence electrons. The number of hydrogen-bond acceptors (Lipinski definition) is 4. The molecule has 1 aromatic carbocycles. The van der Waals surface area contributed by atoms with Crippen molar-refractivity contribution in [1.29, 1.82) is 0 Å². The quantitative estimate of drug-likeness (QED) is 0.642. The number of carbonyl (C=O) groups is 1. The molecule has 21 heavy (non-hydrogen) atoms. The minimum Gasteiger partial charge on any atom is -0.461 e. The number of benzene rings is 1. The van der Waals surface area contributed by atoms with E-state index in [1.54, 1.807) is 4.68 Å². The van der Waals surface area contributed by atoms with Crippen LogP contribution in [0.3, 0.4) is 0 Å². The van der Waals surface area contributed by atoms with Crippen LogP contribution in [-0.4, -0.2) is 27.3 Å². The maximum atomic E-state index is 11.9. The van der Waals surface area contributed by atoms with Crippen LogP contribution in [0.4, 0.5) is 0 Å². The van der Waals surface area contributed by atoms with Crippen LogP contribution in [0, 0.1) is 6.92 Å². The SMILES string of the molecule is Cc1nn(-c2ccccc2)c2nc3c(cc12)CCOC3=O. The molecule has 0 aliphatic carbocycles. The normalized spacial score (nSPS) is 14.0. The van der Waals surface area contributed by atoms with E-state index in [2.05, 4.69) is 10.1 Å². The number of para-hydroxylation sites is 1. The Morgan fingerprint density at radius 1 is 1.24 bits per heavy atom. The molecule has 0 N–H and O–H groups in total. The topological polar surface area (TPSA) is 57.0 Å². The highest BCUT2D eigenvalue weighted by Crippen LogP contribution is 2.25. The van der Waals surface area contributed by atoms with E-state index in [4.69, 9.17) is 4.74 Å². The fraction of sp³-hybridized carbons (Fsp3) is 0.188. The Morgan fingerprint density at radius 2 is 2.05 bits per heavy atom. The lowest BCUT2D eigenvalue weighted by atomic mass is 10.1. The fourth-order valence-electron chi connectivity index (χ4n) is 2.66. The standard InChI is InChI=1S/C16H13N3O2/c1-10-13-9-11-7-8-21-16(20)14(11)17-15(13)19(18-10)12-5-3-2-4-6-12/h2-6,9H,7-8H2,1H3. The van der Waals surface area contributed by atoms with E-state index in [0.717, 1.165) is 22.3 Å². The molecule has 0 spiro atoms. The molecule has 4 rings (SSSR count). The zero-order chi connectivity index (χ0) is 14.4. The van der Waals surface area contributed by atoms with Crippen LogP contribution >= 0.6 is 0 Å². The Labute approximate surface area is 121 Å². The smallest absolute Gasteiger partial charge is 0.357 e. The number of esters is 1. The summed E-state index contributed by atoms with van der Waals surface area (Å²) in [7, 11) is 0. The molecule has 0 atom stereocenters. The lowest BCUT2D eigenvalue weighted by Gasteiger charge is -2.14. The lowest BCUT2D eigenvalue weighted by molar-refractivity contribution is 0.0472. The zero-order valence-corrected chi connectivity index (χ0v) is 11.5. The molecule has 0 saturated heterocycles. The summed E-state index contributed by atoms with van der Waals surface area (Å²) >= 11 is 0. The average Bonchev–Trinajstić information content (AvgIpc) is 2.84. The third-order valence-electron chi connectivity index (χ3n) is 3.72. The van der Waals surface area contributed by atoms with Crippen LogP contribution in [0.15, 0.2) is 36.4 Å². The molecule has 0 bridgehead atoms. The van der Waals surface area contributed by atoms with Crippen LogP contribution in [0.1, 0.15) is 21.7 Å². The number of ether oxygens (including phenoxy) is 1. The molecular formula is C16H13N3O2. The van der Waals surface area contributed by atoms with Crippen molar-refractivity contribution < 1.29 is 9.53 Å². The summed E-state index contributed by atoms with van der Waals surface area (Å²) in [5.41, 5.74) is 3.87. The third-order valence-corrected chi connectivity index (χ3v) is 3.72. The summed E-state index contributed by atoms with van der Waals surface area (Å²) in [6.07, 6.45) is 0.708. The first-order chi connectivity index (χ1) is 10.2. The van der Waals surface area contributed by atoms with Gasteiger partial charge in [-0.1, -0.05) is 18.2 Å². The number of pyridine rings is 1. The molecule has 1 aliphatic rings. The Hall–Kier alpha value is -2.69. The first kappa shape index (κ1) is 12.1. The van der Waals surface area contributed by atoms with E-state index in [9.17, 15) is 4.79 Å². The van der Waals surface area contributed by atoms with Crippen molar-refractivity contribution in [2.45, 2.75) is 13.3 Å². The monoisotopic (exact) mass is 279 g/mol. The van der Waals surface area contributed by atoms with Crippen molar-refractivity contribution in [3.8, 4) is 5.69 Å².